The van der Waals surface area contributed by atoms with Gasteiger partial charge >= 0.3 is 0 Å². The van der Waals surface area contributed by atoms with E-state index in [1.807, 2.05) is 19.9 Å². The van der Waals surface area contributed by atoms with Crippen molar-refractivity contribution in [3.8, 4) is 0 Å². The van der Waals surface area contributed by atoms with Gasteiger partial charge in [0, 0.05) is 25.0 Å². The molecule has 6 nitrogen and oxygen atoms in total. The van der Waals surface area contributed by atoms with E-state index in [9.17, 15) is 4.79 Å². The number of aryl methyl sites for hydroxylation is 2. The number of ether oxygens (including phenoxy) is 2. The van der Waals surface area contributed by atoms with Crippen molar-refractivity contribution in [3.05, 3.63) is 23.3 Å². The lowest BCUT2D eigenvalue weighted by atomic mass is 10.1. The van der Waals surface area contributed by atoms with Crippen molar-refractivity contribution in [2.24, 2.45) is 0 Å². The Morgan fingerprint density at radius 1 is 1.38 bits per heavy atom. The number of aromatic nitrogens is 2. The van der Waals surface area contributed by atoms with Crippen molar-refractivity contribution < 1.29 is 14.3 Å². The highest BCUT2D eigenvalue weighted by Gasteiger charge is 2.35. The van der Waals surface area contributed by atoms with Gasteiger partial charge in [-0.25, -0.2) is 9.97 Å². The third kappa shape index (κ3) is 3.57. The lowest BCUT2D eigenvalue weighted by molar-refractivity contribution is -0.158. The molecule has 2 rings (SSSR count). The standard InChI is InChI=1S/C15H23N3O3/c1-10-8-11(2)17-13(16-10)12-9-18(6-7-21-12)14(19)15(3,4)20-5/h8,12H,6-7,9H2,1-5H3/t12-/m1/s1. The van der Waals surface area contributed by atoms with E-state index in [-0.39, 0.29) is 12.0 Å². The van der Waals surface area contributed by atoms with Crippen LogP contribution in [0.15, 0.2) is 6.07 Å². The Hall–Kier alpha value is -1.53. The van der Waals surface area contributed by atoms with Gasteiger partial charge in [-0.3, -0.25) is 4.79 Å². The van der Waals surface area contributed by atoms with Crippen LogP contribution >= 0.6 is 0 Å². The maximum Gasteiger partial charge on any atom is 0.254 e. The molecule has 0 aromatic carbocycles. The number of morpholine rings is 1. The molecular weight excluding hydrogens is 270 g/mol. The lowest BCUT2D eigenvalue weighted by Gasteiger charge is -2.36. The molecule has 0 saturated carbocycles. The number of carbonyl (C=O) groups is 1. The molecule has 1 aliphatic rings. The van der Waals surface area contributed by atoms with Crippen molar-refractivity contribution in [1.29, 1.82) is 0 Å². The Labute approximate surface area is 125 Å². The quantitative estimate of drug-likeness (QED) is 0.843. The van der Waals surface area contributed by atoms with E-state index in [0.717, 1.165) is 11.4 Å². The van der Waals surface area contributed by atoms with Gasteiger partial charge in [-0.1, -0.05) is 0 Å². The Bertz CT molecular complexity index is 511. The van der Waals surface area contributed by atoms with E-state index in [1.165, 1.54) is 0 Å². The molecule has 21 heavy (non-hydrogen) atoms. The van der Waals surface area contributed by atoms with E-state index < -0.39 is 5.60 Å². The molecular formula is C15H23N3O3. The van der Waals surface area contributed by atoms with Crippen molar-refractivity contribution in [2.75, 3.05) is 26.8 Å². The summed E-state index contributed by atoms with van der Waals surface area (Å²) >= 11 is 0. The second-order valence-electron chi connectivity index (χ2n) is 5.83. The molecule has 0 bridgehead atoms. The summed E-state index contributed by atoms with van der Waals surface area (Å²) in [5.74, 6) is 0.600. The summed E-state index contributed by atoms with van der Waals surface area (Å²) in [6.45, 7) is 8.89. The molecule has 0 N–H and O–H groups in total. The predicted molar refractivity (Wildman–Crippen MR) is 77.9 cm³/mol. The third-order valence-electron chi connectivity index (χ3n) is 3.67. The molecule has 6 heteroatoms. The molecule has 1 aromatic heterocycles. The van der Waals surface area contributed by atoms with Crippen LogP contribution in [0.1, 0.15) is 37.2 Å². The molecule has 1 fully saturated rings. The van der Waals surface area contributed by atoms with Crippen LogP contribution in [-0.2, 0) is 14.3 Å². The van der Waals surface area contributed by atoms with Crippen molar-refractivity contribution in [1.82, 2.24) is 14.9 Å². The minimum Gasteiger partial charge on any atom is -0.369 e. The summed E-state index contributed by atoms with van der Waals surface area (Å²) in [5.41, 5.74) is 0.981. The number of rotatable bonds is 3. The van der Waals surface area contributed by atoms with Gasteiger partial charge in [0.15, 0.2) is 5.82 Å². The highest BCUT2D eigenvalue weighted by atomic mass is 16.5. The zero-order chi connectivity index (χ0) is 15.6. The Balaban J connectivity index is 2.16. The highest BCUT2D eigenvalue weighted by molar-refractivity contribution is 5.84. The Kier molecular flexibility index (Phi) is 4.58. The zero-order valence-electron chi connectivity index (χ0n) is 13.3. The second-order valence-corrected chi connectivity index (χ2v) is 5.83. The average molecular weight is 293 g/mol. The number of hydrogen-bond acceptors (Lipinski definition) is 5. The zero-order valence-corrected chi connectivity index (χ0v) is 13.3. The smallest absolute Gasteiger partial charge is 0.254 e. The van der Waals surface area contributed by atoms with Crippen molar-refractivity contribution >= 4 is 5.91 Å². The average Bonchev–Trinajstić information content (AvgIpc) is 2.45. The normalized spacial score (nSPS) is 19.7. The van der Waals surface area contributed by atoms with Crippen LogP contribution in [0.2, 0.25) is 0 Å². The second kappa shape index (κ2) is 6.07. The van der Waals surface area contributed by atoms with Gasteiger partial charge in [-0.05, 0) is 33.8 Å². The van der Waals surface area contributed by atoms with Crippen LogP contribution in [0.3, 0.4) is 0 Å². The fraction of sp³-hybridized carbons (Fsp3) is 0.667. The Morgan fingerprint density at radius 3 is 2.57 bits per heavy atom. The summed E-state index contributed by atoms with van der Waals surface area (Å²) in [7, 11) is 1.54. The molecule has 116 valence electrons. The lowest BCUT2D eigenvalue weighted by Crippen LogP contribution is -2.51. The fourth-order valence-electron chi connectivity index (χ4n) is 2.36. The molecule has 0 unspecified atom stereocenters. The molecule has 1 saturated heterocycles. The van der Waals surface area contributed by atoms with E-state index in [2.05, 4.69) is 9.97 Å². The van der Waals surface area contributed by atoms with Gasteiger partial charge < -0.3 is 14.4 Å². The maximum atomic E-state index is 12.5. The molecule has 1 amide bonds. The summed E-state index contributed by atoms with van der Waals surface area (Å²) < 4.78 is 11.0. The van der Waals surface area contributed by atoms with E-state index in [4.69, 9.17) is 9.47 Å². The van der Waals surface area contributed by atoms with Crippen LogP contribution in [0, 0.1) is 13.8 Å². The molecule has 2 heterocycles. The van der Waals surface area contributed by atoms with Crippen molar-refractivity contribution in [2.45, 2.75) is 39.4 Å². The van der Waals surface area contributed by atoms with Crippen LogP contribution in [-0.4, -0.2) is 53.2 Å². The number of hydrogen-bond donors (Lipinski definition) is 0. The topological polar surface area (TPSA) is 64.5 Å². The fourth-order valence-corrected chi connectivity index (χ4v) is 2.36. The maximum absolute atomic E-state index is 12.5. The summed E-state index contributed by atoms with van der Waals surface area (Å²) in [5, 5.41) is 0. The number of methoxy groups -OCH3 is 1. The molecule has 0 spiro atoms. The summed E-state index contributed by atoms with van der Waals surface area (Å²) in [6.07, 6.45) is -0.283. The van der Waals surface area contributed by atoms with Crippen LogP contribution < -0.4 is 0 Å². The van der Waals surface area contributed by atoms with Gasteiger partial charge in [0.2, 0.25) is 0 Å². The number of amides is 1. The van der Waals surface area contributed by atoms with Gasteiger partial charge in [0.1, 0.15) is 11.7 Å². The van der Waals surface area contributed by atoms with Crippen LogP contribution in [0.25, 0.3) is 0 Å². The first kappa shape index (κ1) is 15.9. The SMILES string of the molecule is COC(C)(C)C(=O)N1CCO[C@@H](c2nc(C)cc(C)n2)C1. The van der Waals surface area contributed by atoms with Gasteiger partial charge in [-0.15, -0.1) is 0 Å². The highest BCUT2D eigenvalue weighted by Crippen LogP contribution is 2.22. The molecule has 1 aliphatic heterocycles. The van der Waals surface area contributed by atoms with Gasteiger partial charge in [0.05, 0.1) is 13.2 Å². The monoisotopic (exact) mass is 293 g/mol. The first-order valence-electron chi connectivity index (χ1n) is 7.12. The van der Waals surface area contributed by atoms with Gasteiger partial charge in [-0.2, -0.15) is 0 Å². The first-order valence-corrected chi connectivity index (χ1v) is 7.12. The van der Waals surface area contributed by atoms with Crippen LogP contribution in [0.5, 0.6) is 0 Å². The van der Waals surface area contributed by atoms with Crippen molar-refractivity contribution in [3.63, 3.8) is 0 Å². The molecule has 0 radical (unpaired) electrons. The Morgan fingerprint density at radius 2 is 2.00 bits per heavy atom. The minimum atomic E-state index is -0.828. The molecule has 0 aliphatic carbocycles. The third-order valence-corrected chi connectivity index (χ3v) is 3.67. The predicted octanol–water partition coefficient (Wildman–Crippen LogP) is 1.42. The van der Waals surface area contributed by atoms with Crippen LogP contribution in [0.4, 0.5) is 0 Å². The first-order chi connectivity index (χ1) is 9.83. The number of nitrogens with zero attached hydrogens (tertiary/aromatic N) is 3. The van der Waals surface area contributed by atoms with E-state index in [1.54, 1.807) is 25.9 Å². The summed E-state index contributed by atoms with van der Waals surface area (Å²) in [4.78, 5) is 23.1. The van der Waals surface area contributed by atoms with Gasteiger partial charge in [0.25, 0.3) is 5.91 Å². The van der Waals surface area contributed by atoms with E-state index in [0.29, 0.717) is 25.5 Å². The molecule has 1 aromatic rings. The largest absolute Gasteiger partial charge is 0.369 e. The molecule has 1 atom stereocenters. The number of carbonyl (C=O) groups excluding carboxylic acids is 1. The van der Waals surface area contributed by atoms with E-state index >= 15 is 0 Å². The summed E-state index contributed by atoms with van der Waals surface area (Å²) in [6, 6.07) is 1.92. The minimum absolute atomic E-state index is 0.0392.